The number of fused-ring (bicyclic) bond motifs is 3. The maximum absolute atomic E-state index is 12.8. The summed E-state index contributed by atoms with van der Waals surface area (Å²) in [7, 11) is -2.31. The Balaban J connectivity index is 1.40. The Bertz CT molecular complexity index is 1250. The second-order valence-corrected chi connectivity index (χ2v) is 10.5. The summed E-state index contributed by atoms with van der Waals surface area (Å²) in [5.74, 6) is 0.0217. The van der Waals surface area contributed by atoms with Gasteiger partial charge in [-0.05, 0) is 36.6 Å². The maximum Gasteiger partial charge on any atom is 0.267 e. The van der Waals surface area contributed by atoms with E-state index >= 15 is 0 Å². The lowest BCUT2D eigenvalue weighted by Crippen LogP contribution is -2.31. The number of hydrogen-bond donors (Lipinski definition) is 1. The lowest BCUT2D eigenvalue weighted by molar-refractivity contribution is -0.118. The number of nitrogens with one attached hydrogen (secondary N) is 1. The number of aryl methyl sites for hydroxylation is 1. The molecule has 32 heavy (non-hydrogen) atoms. The molecule has 0 bridgehead atoms. The van der Waals surface area contributed by atoms with Gasteiger partial charge in [-0.1, -0.05) is 53.7 Å². The molecule has 0 atom stereocenters. The van der Waals surface area contributed by atoms with Gasteiger partial charge in [-0.2, -0.15) is 0 Å². The van der Waals surface area contributed by atoms with E-state index in [1.54, 1.807) is 18.2 Å². The number of sulfonamides is 1. The molecule has 0 aliphatic carbocycles. The summed E-state index contributed by atoms with van der Waals surface area (Å²) in [5, 5.41) is 3.66. The van der Waals surface area contributed by atoms with Crippen molar-refractivity contribution in [3.05, 3.63) is 65.3 Å². The number of carbonyl (C=O) groups excluding carboxylic acids is 1. The monoisotopic (exact) mass is 488 g/mol. The minimum absolute atomic E-state index is 0.0320. The van der Waals surface area contributed by atoms with Gasteiger partial charge in [0.25, 0.3) is 10.0 Å². The predicted molar refractivity (Wildman–Crippen MR) is 127 cm³/mol. The van der Waals surface area contributed by atoms with Crippen molar-refractivity contribution in [3.8, 4) is 11.3 Å². The summed E-state index contributed by atoms with van der Waals surface area (Å²) >= 11 is 7.23. The molecular formula is C22H21ClN4O3S2. The van der Waals surface area contributed by atoms with Crippen LogP contribution in [0.5, 0.6) is 0 Å². The molecule has 0 spiro atoms. The van der Waals surface area contributed by atoms with Crippen molar-refractivity contribution in [2.45, 2.75) is 22.9 Å². The molecule has 3 aromatic rings. The molecule has 1 aromatic heterocycles. The average Bonchev–Trinajstić information content (AvgIpc) is 2.79. The number of hydrogen-bond acceptors (Lipinski definition) is 6. The smallest absolute Gasteiger partial charge is 0.267 e. The second-order valence-electron chi connectivity index (χ2n) is 7.23. The maximum atomic E-state index is 12.8. The molecule has 7 nitrogen and oxygen atoms in total. The van der Waals surface area contributed by atoms with E-state index in [4.69, 9.17) is 11.6 Å². The fourth-order valence-electron chi connectivity index (χ4n) is 3.39. The Hall–Kier alpha value is -2.62. The van der Waals surface area contributed by atoms with Crippen molar-refractivity contribution in [1.82, 2.24) is 15.3 Å². The number of rotatable bonds is 7. The number of nitrogens with zero attached hydrogens (tertiary/aromatic N) is 3. The van der Waals surface area contributed by atoms with Gasteiger partial charge in [0.1, 0.15) is 4.90 Å². The zero-order valence-corrected chi connectivity index (χ0v) is 19.7. The van der Waals surface area contributed by atoms with Crippen molar-refractivity contribution in [2.75, 3.05) is 23.7 Å². The highest BCUT2D eigenvalue weighted by Gasteiger charge is 2.34. The van der Waals surface area contributed by atoms with E-state index < -0.39 is 10.0 Å². The van der Waals surface area contributed by atoms with E-state index in [9.17, 15) is 13.2 Å². The summed E-state index contributed by atoms with van der Waals surface area (Å²) in [4.78, 5) is 20.8. The van der Waals surface area contributed by atoms with Gasteiger partial charge in [-0.15, -0.1) is 0 Å². The first-order valence-corrected chi connectivity index (χ1v) is 12.8. The molecule has 0 saturated carbocycles. The molecule has 0 unspecified atom stereocenters. The molecule has 1 aliphatic rings. The number of anilines is 1. The molecule has 2 aromatic carbocycles. The molecule has 0 radical (unpaired) electrons. The van der Waals surface area contributed by atoms with Gasteiger partial charge in [0.05, 0.1) is 23.3 Å². The Morgan fingerprint density at radius 3 is 2.75 bits per heavy atom. The minimum Gasteiger partial charge on any atom is -0.355 e. The standard InChI is InChI=1S/C22H21ClN4O3S2/c1-27-18-12-16(23)9-10-17(18)21-19(32(27,29)30)13-25-22(26-21)31-14-20(28)24-11-5-8-15-6-3-2-4-7-15/h2-4,6-7,9-10,12-13H,5,8,11,14H2,1H3,(H,24,28). The SMILES string of the molecule is CN1c2cc(Cl)ccc2-c2nc(SCC(=O)NCCCc3ccccc3)ncc2S1(=O)=O. The zero-order chi connectivity index (χ0) is 22.7. The van der Waals surface area contributed by atoms with E-state index in [2.05, 4.69) is 27.4 Å². The number of halogens is 1. The lowest BCUT2D eigenvalue weighted by Gasteiger charge is -2.28. The van der Waals surface area contributed by atoms with Gasteiger partial charge < -0.3 is 5.32 Å². The van der Waals surface area contributed by atoms with E-state index in [1.807, 2.05) is 18.2 Å². The number of amides is 1. The Morgan fingerprint density at radius 1 is 1.19 bits per heavy atom. The number of thioether (sulfide) groups is 1. The fraction of sp³-hybridized carbons (Fsp3) is 0.227. The highest BCUT2D eigenvalue weighted by atomic mass is 35.5. The number of carbonyl (C=O) groups is 1. The zero-order valence-electron chi connectivity index (χ0n) is 17.3. The van der Waals surface area contributed by atoms with Crippen LogP contribution in [0, 0.1) is 0 Å². The van der Waals surface area contributed by atoms with E-state index in [0.717, 1.165) is 12.8 Å². The van der Waals surface area contributed by atoms with Crippen LogP contribution in [0.15, 0.2) is 64.8 Å². The van der Waals surface area contributed by atoms with Gasteiger partial charge >= 0.3 is 0 Å². The third-order valence-corrected chi connectivity index (χ3v) is 7.93. The fourth-order valence-corrected chi connectivity index (χ4v) is 5.50. The third-order valence-electron chi connectivity index (χ3n) is 5.07. The molecule has 166 valence electrons. The van der Waals surface area contributed by atoms with Crippen molar-refractivity contribution < 1.29 is 13.2 Å². The van der Waals surface area contributed by atoms with Gasteiger partial charge in [0.2, 0.25) is 5.91 Å². The summed E-state index contributed by atoms with van der Waals surface area (Å²) in [5.41, 5.74) is 2.66. The van der Waals surface area contributed by atoms with Crippen LogP contribution < -0.4 is 9.62 Å². The van der Waals surface area contributed by atoms with Crippen LogP contribution in [0.3, 0.4) is 0 Å². The van der Waals surface area contributed by atoms with E-state index in [-0.39, 0.29) is 16.6 Å². The highest BCUT2D eigenvalue weighted by molar-refractivity contribution is 7.99. The highest BCUT2D eigenvalue weighted by Crippen LogP contribution is 2.42. The minimum atomic E-state index is -3.78. The second kappa shape index (κ2) is 9.48. The van der Waals surface area contributed by atoms with Gasteiger partial charge in [0, 0.05) is 24.2 Å². The Kier molecular flexibility index (Phi) is 6.68. The normalized spacial score (nSPS) is 13.9. The molecule has 4 rings (SSSR count). The molecule has 1 aliphatic heterocycles. The Morgan fingerprint density at radius 2 is 1.97 bits per heavy atom. The largest absolute Gasteiger partial charge is 0.355 e. The van der Waals surface area contributed by atoms with Crippen molar-refractivity contribution >= 4 is 45.0 Å². The molecule has 2 heterocycles. The molecule has 0 fully saturated rings. The molecule has 10 heteroatoms. The van der Waals surface area contributed by atoms with E-state index in [0.29, 0.717) is 33.7 Å². The predicted octanol–water partition coefficient (Wildman–Crippen LogP) is 3.78. The van der Waals surface area contributed by atoms with Crippen LogP contribution in [-0.2, 0) is 21.2 Å². The molecule has 1 N–H and O–H groups in total. The first-order valence-electron chi connectivity index (χ1n) is 9.95. The van der Waals surface area contributed by atoms with Gasteiger partial charge in [0.15, 0.2) is 5.16 Å². The molecule has 0 saturated heterocycles. The third kappa shape index (κ3) is 4.74. The first-order chi connectivity index (χ1) is 15.4. The van der Waals surface area contributed by atoms with Crippen molar-refractivity contribution in [2.24, 2.45) is 0 Å². The van der Waals surface area contributed by atoms with E-state index in [1.165, 1.54) is 34.9 Å². The topological polar surface area (TPSA) is 92.3 Å². The first kappa shape index (κ1) is 22.6. The van der Waals surface area contributed by atoms with Crippen molar-refractivity contribution in [3.63, 3.8) is 0 Å². The summed E-state index contributed by atoms with van der Waals surface area (Å²) < 4.78 is 26.8. The van der Waals surface area contributed by atoms with Crippen LogP contribution in [0.2, 0.25) is 5.02 Å². The number of benzene rings is 2. The lowest BCUT2D eigenvalue weighted by atomic mass is 10.1. The van der Waals surface area contributed by atoms with Crippen LogP contribution in [-0.4, -0.2) is 43.6 Å². The summed E-state index contributed by atoms with van der Waals surface area (Å²) in [6.45, 7) is 0.581. The van der Waals surface area contributed by atoms with Crippen LogP contribution in [0.25, 0.3) is 11.3 Å². The summed E-state index contributed by atoms with van der Waals surface area (Å²) in [6.07, 6.45) is 3.04. The molecule has 1 amide bonds. The van der Waals surface area contributed by atoms with Gasteiger partial charge in [-0.3, -0.25) is 9.10 Å². The van der Waals surface area contributed by atoms with Gasteiger partial charge in [-0.25, -0.2) is 18.4 Å². The Labute approximate surface area is 196 Å². The summed E-state index contributed by atoms with van der Waals surface area (Å²) in [6, 6.07) is 15.1. The van der Waals surface area contributed by atoms with Crippen LogP contribution in [0.4, 0.5) is 5.69 Å². The van der Waals surface area contributed by atoms with Crippen molar-refractivity contribution in [1.29, 1.82) is 0 Å². The van der Waals surface area contributed by atoms with Crippen LogP contribution >= 0.6 is 23.4 Å². The molecular weight excluding hydrogens is 468 g/mol. The quantitative estimate of drug-likeness (QED) is 0.309. The van der Waals surface area contributed by atoms with Crippen LogP contribution in [0.1, 0.15) is 12.0 Å². The average molecular weight is 489 g/mol. The number of aromatic nitrogens is 2.